The first-order chi connectivity index (χ1) is 15.3. The summed E-state index contributed by atoms with van der Waals surface area (Å²) >= 11 is 7.35. The van der Waals surface area contributed by atoms with Crippen molar-refractivity contribution in [3.63, 3.8) is 0 Å². The van der Waals surface area contributed by atoms with Crippen molar-refractivity contribution in [2.45, 2.75) is 10.8 Å². The summed E-state index contributed by atoms with van der Waals surface area (Å²) in [7, 11) is -3.92. The number of piperazine rings is 1. The van der Waals surface area contributed by atoms with Gasteiger partial charge in [-0.3, -0.25) is 4.79 Å². The number of benzene rings is 1. The summed E-state index contributed by atoms with van der Waals surface area (Å²) in [5.74, 6) is 0.115. The Balaban J connectivity index is 1.35. The van der Waals surface area contributed by atoms with Crippen molar-refractivity contribution in [3.05, 3.63) is 53.4 Å². The molecule has 1 saturated heterocycles. The molecule has 1 aliphatic heterocycles. The molecule has 0 radical (unpaired) electrons. The van der Waals surface area contributed by atoms with Gasteiger partial charge in [0.1, 0.15) is 17.0 Å². The van der Waals surface area contributed by atoms with Crippen LogP contribution in [-0.2, 0) is 21.4 Å². The molecule has 3 aromatic heterocycles. The van der Waals surface area contributed by atoms with E-state index in [2.05, 4.69) is 15.0 Å². The van der Waals surface area contributed by atoms with Crippen molar-refractivity contribution >= 4 is 65.8 Å². The van der Waals surface area contributed by atoms with E-state index in [0.29, 0.717) is 28.1 Å². The number of nitrogens with two attached hydrogens (primary N) is 1. The Labute approximate surface area is 192 Å². The Bertz CT molecular complexity index is 1470. The van der Waals surface area contributed by atoms with Crippen molar-refractivity contribution in [2.75, 3.05) is 25.4 Å². The van der Waals surface area contributed by atoms with Crippen molar-refractivity contribution < 1.29 is 13.2 Å². The molecule has 9 nitrogen and oxygen atoms in total. The average molecular weight is 489 g/mol. The van der Waals surface area contributed by atoms with Gasteiger partial charge in [0.2, 0.25) is 5.91 Å². The van der Waals surface area contributed by atoms with E-state index in [1.54, 1.807) is 23.2 Å². The molecule has 32 heavy (non-hydrogen) atoms. The number of hydrogen-bond acceptors (Lipinski definition) is 8. The summed E-state index contributed by atoms with van der Waals surface area (Å²) in [6.45, 7) is 0.542. The van der Waals surface area contributed by atoms with E-state index in [9.17, 15) is 13.2 Å². The molecule has 1 amide bonds. The van der Waals surface area contributed by atoms with Gasteiger partial charge in [-0.1, -0.05) is 17.7 Å². The Morgan fingerprint density at radius 2 is 1.97 bits per heavy atom. The Morgan fingerprint density at radius 3 is 2.75 bits per heavy atom. The topological polar surface area (TPSA) is 122 Å². The predicted octanol–water partition coefficient (Wildman–Crippen LogP) is 2.51. The molecule has 5 rings (SSSR count). The fourth-order valence-electron chi connectivity index (χ4n) is 3.67. The highest BCUT2D eigenvalue weighted by Gasteiger charge is 2.35. The molecule has 0 unspecified atom stereocenters. The number of hydrogen-bond donors (Lipinski definition) is 1. The van der Waals surface area contributed by atoms with Crippen LogP contribution in [0.3, 0.4) is 0 Å². The smallest absolute Gasteiger partial charge is 0.254 e. The van der Waals surface area contributed by atoms with Crippen molar-refractivity contribution in [2.24, 2.45) is 0 Å². The van der Waals surface area contributed by atoms with Gasteiger partial charge in [-0.15, -0.1) is 11.3 Å². The number of anilines is 1. The number of rotatable bonds is 4. The minimum Gasteiger partial charge on any atom is -0.383 e. The van der Waals surface area contributed by atoms with Gasteiger partial charge in [-0.25, -0.2) is 23.4 Å². The zero-order valence-electron chi connectivity index (χ0n) is 16.6. The van der Waals surface area contributed by atoms with Crippen LogP contribution in [0.4, 0.5) is 5.82 Å². The van der Waals surface area contributed by atoms with E-state index in [-0.39, 0.29) is 34.8 Å². The maximum atomic E-state index is 13.2. The van der Waals surface area contributed by atoms with E-state index >= 15 is 0 Å². The third kappa shape index (κ3) is 3.56. The number of nitrogen functional groups attached to an aromatic ring is 1. The van der Waals surface area contributed by atoms with E-state index in [4.69, 9.17) is 17.3 Å². The average Bonchev–Trinajstić information content (AvgIpc) is 3.13. The molecule has 0 saturated carbocycles. The lowest BCUT2D eigenvalue weighted by Gasteiger charge is -2.33. The first kappa shape index (κ1) is 21.0. The van der Waals surface area contributed by atoms with E-state index in [0.717, 1.165) is 22.3 Å². The predicted molar refractivity (Wildman–Crippen MR) is 123 cm³/mol. The Kier molecular flexibility index (Phi) is 5.20. The molecule has 4 heterocycles. The number of pyridine rings is 1. The standard InChI is InChI=1S/C20H17ClN6O3S2/c21-17-14-2-1-5-23-19(14)31-20(17)32(29,30)27-7-6-26(16(28)10-27)9-12-3-4-13-15(8-12)24-11-25-18(13)22/h1-5,8,11H,6-7,9-10H2,(H2,22,24,25). The number of carbonyl (C=O) groups excluding carboxylic acids is 1. The highest BCUT2D eigenvalue weighted by molar-refractivity contribution is 7.91. The van der Waals surface area contributed by atoms with Gasteiger partial charge in [0.25, 0.3) is 10.0 Å². The van der Waals surface area contributed by atoms with Gasteiger partial charge in [0.15, 0.2) is 4.21 Å². The SMILES string of the molecule is Nc1ncnc2cc(CN3CCN(S(=O)(=O)c4sc5ncccc5c4Cl)CC3=O)ccc12. The number of sulfonamides is 1. The first-order valence-corrected chi connectivity index (χ1v) is 12.3. The summed E-state index contributed by atoms with van der Waals surface area (Å²) < 4.78 is 27.6. The monoisotopic (exact) mass is 488 g/mol. The number of carbonyl (C=O) groups is 1. The fourth-order valence-corrected chi connectivity index (χ4v) is 7.20. The highest BCUT2D eigenvalue weighted by atomic mass is 35.5. The molecule has 0 bridgehead atoms. The number of thiophene rings is 1. The Morgan fingerprint density at radius 1 is 1.12 bits per heavy atom. The third-order valence-corrected chi connectivity index (χ3v) is 9.41. The second kappa shape index (κ2) is 7.93. The number of halogens is 1. The fraction of sp³-hybridized carbons (Fsp3) is 0.200. The lowest BCUT2D eigenvalue weighted by Crippen LogP contribution is -2.51. The molecule has 2 N–H and O–H groups in total. The molecule has 164 valence electrons. The molecular weight excluding hydrogens is 472 g/mol. The second-order valence-corrected chi connectivity index (χ2v) is 10.8. The van der Waals surface area contributed by atoms with Crippen LogP contribution in [0.5, 0.6) is 0 Å². The lowest BCUT2D eigenvalue weighted by molar-refractivity contribution is -0.134. The van der Waals surface area contributed by atoms with Crippen molar-refractivity contribution in [1.82, 2.24) is 24.2 Å². The molecule has 1 aromatic carbocycles. The minimum absolute atomic E-state index is 0.0147. The summed E-state index contributed by atoms with van der Waals surface area (Å²) in [5.41, 5.74) is 7.43. The van der Waals surface area contributed by atoms with E-state index in [1.165, 1.54) is 10.6 Å². The maximum absolute atomic E-state index is 13.2. The van der Waals surface area contributed by atoms with Gasteiger partial charge < -0.3 is 10.6 Å². The number of fused-ring (bicyclic) bond motifs is 2. The zero-order chi connectivity index (χ0) is 22.5. The molecule has 0 spiro atoms. The number of nitrogens with zero attached hydrogens (tertiary/aromatic N) is 5. The highest BCUT2D eigenvalue weighted by Crippen LogP contribution is 2.38. The molecule has 0 aliphatic carbocycles. The van der Waals surface area contributed by atoms with E-state index < -0.39 is 10.0 Å². The molecule has 1 fully saturated rings. The van der Waals surface area contributed by atoms with Crippen molar-refractivity contribution in [1.29, 1.82) is 0 Å². The summed E-state index contributed by atoms with van der Waals surface area (Å²) in [6, 6.07) is 8.97. The Hall–Kier alpha value is -2.86. The quantitative estimate of drug-likeness (QED) is 0.468. The normalized spacial score (nSPS) is 15.7. The van der Waals surface area contributed by atoms with Crippen LogP contribution in [0.2, 0.25) is 5.02 Å². The van der Waals surface area contributed by atoms with Crippen LogP contribution in [0.15, 0.2) is 47.1 Å². The maximum Gasteiger partial charge on any atom is 0.254 e. The van der Waals surface area contributed by atoms with Gasteiger partial charge in [0, 0.05) is 36.6 Å². The summed E-state index contributed by atoms with van der Waals surface area (Å²) in [4.78, 5) is 27.3. The largest absolute Gasteiger partial charge is 0.383 e. The first-order valence-electron chi connectivity index (χ1n) is 9.64. The molecule has 0 atom stereocenters. The molecule has 4 aromatic rings. The minimum atomic E-state index is -3.92. The lowest BCUT2D eigenvalue weighted by atomic mass is 10.1. The van der Waals surface area contributed by atoms with Crippen LogP contribution in [0.25, 0.3) is 21.1 Å². The van der Waals surface area contributed by atoms with Gasteiger partial charge in [-0.2, -0.15) is 4.31 Å². The summed E-state index contributed by atoms with van der Waals surface area (Å²) in [5, 5.41) is 1.47. The van der Waals surface area contributed by atoms with Gasteiger partial charge >= 0.3 is 0 Å². The number of amides is 1. The summed E-state index contributed by atoms with van der Waals surface area (Å²) in [6.07, 6.45) is 2.98. The molecule has 1 aliphatic rings. The zero-order valence-corrected chi connectivity index (χ0v) is 19.0. The van der Waals surface area contributed by atoms with Crippen LogP contribution < -0.4 is 5.73 Å². The van der Waals surface area contributed by atoms with Gasteiger partial charge in [0.05, 0.1) is 17.1 Å². The second-order valence-electron chi connectivity index (χ2n) is 7.32. The van der Waals surface area contributed by atoms with Crippen LogP contribution in [-0.4, -0.2) is 58.1 Å². The van der Waals surface area contributed by atoms with Crippen molar-refractivity contribution in [3.8, 4) is 0 Å². The van der Waals surface area contributed by atoms with Crippen LogP contribution >= 0.6 is 22.9 Å². The number of aromatic nitrogens is 3. The van der Waals surface area contributed by atoms with Crippen LogP contribution in [0, 0.1) is 0 Å². The third-order valence-electron chi connectivity index (χ3n) is 5.34. The van der Waals surface area contributed by atoms with E-state index in [1.807, 2.05) is 18.2 Å². The molecule has 12 heteroatoms. The van der Waals surface area contributed by atoms with Crippen LogP contribution in [0.1, 0.15) is 5.56 Å². The van der Waals surface area contributed by atoms with Gasteiger partial charge in [-0.05, 0) is 29.8 Å². The molecular formula is C20H17ClN6O3S2.